The van der Waals surface area contributed by atoms with Crippen molar-refractivity contribution in [1.29, 1.82) is 0 Å². The van der Waals surface area contributed by atoms with Gasteiger partial charge in [-0.05, 0) is 6.92 Å². The van der Waals surface area contributed by atoms with Gasteiger partial charge < -0.3 is 0 Å². The van der Waals surface area contributed by atoms with Gasteiger partial charge in [0.1, 0.15) is 0 Å². The van der Waals surface area contributed by atoms with Gasteiger partial charge >= 0.3 is 0 Å². The summed E-state index contributed by atoms with van der Waals surface area (Å²) in [6.07, 6.45) is 4.96. The molecular formula is C8H8N4OS. The lowest BCUT2D eigenvalue weighted by Crippen LogP contribution is -1.99. The Morgan fingerprint density at radius 3 is 3.00 bits per heavy atom. The smallest absolute Gasteiger partial charge is 0.162 e. The number of nitrogens with zero attached hydrogens (tertiary/aromatic N) is 4. The van der Waals surface area contributed by atoms with E-state index in [1.807, 2.05) is 0 Å². The van der Waals surface area contributed by atoms with Crippen LogP contribution >= 0.6 is 11.7 Å². The van der Waals surface area contributed by atoms with Crippen molar-refractivity contribution in [3.05, 3.63) is 29.8 Å². The van der Waals surface area contributed by atoms with E-state index >= 15 is 0 Å². The standard InChI is InChI=1S/C8H8N4OS/c1-6(13)7-2-9-12(4-7)5-8-3-10-14-11-8/h2-4H,5H2,1H3. The lowest BCUT2D eigenvalue weighted by molar-refractivity contribution is 0.101. The monoisotopic (exact) mass is 208 g/mol. The number of rotatable bonds is 3. The van der Waals surface area contributed by atoms with Crippen LogP contribution in [-0.4, -0.2) is 24.3 Å². The molecule has 0 aliphatic heterocycles. The van der Waals surface area contributed by atoms with Crippen LogP contribution in [-0.2, 0) is 6.54 Å². The van der Waals surface area contributed by atoms with Gasteiger partial charge in [0.2, 0.25) is 0 Å². The summed E-state index contributed by atoms with van der Waals surface area (Å²) in [4.78, 5) is 11.0. The number of hydrogen-bond donors (Lipinski definition) is 0. The Kier molecular flexibility index (Phi) is 2.36. The van der Waals surface area contributed by atoms with Crippen LogP contribution in [0.25, 0.3) is 0 Å². The van der Waals surface area contributed by atoms with Crippen LogP contribution in [0.3, 0.4) is 0 Å². The fourth-order valence-electron chi connectivity index (χ4n) is 1.05. The number of ketones is 1. The van der Waals surface area contributed by atoms with Crippen LogP contribution in [0, 0.1) is 0 Å². The maximum atomic E-state index is 11.0. The number of aromatic nitrogens is 4. The van der Waals surface area contributed by atoms with Crippen molar-refractivity contribution in [2.45, 2.75) is 13.5 Å². The highest BCUT2D eigenvalue weighted by Gasteiger charge is 2.04. The molecule has 72 valence electrons. The van der Waals surface area contributed by atoms with Crippen molar-refractivity contribution in [3.8, 4) is 0 Å². The van der Waals surface area contributed by atoms with E-state index in [0.29, 0.717) is 12.1 Å². The van der Waals surface area contributed by atoms with E-state index in [-0.39, 0.29) is 5.78 Å². The molecule has 0 saturated carbocycles. The lowest BCUT2D eigenvalue weighted by atomic mass is 10.3. The van der Waals surface area contributed by atoms with Crippen LogP contribution in [0.5, 0.6) is 0 Å². The lowest BCUT2D eigenvalue weighted by Gasteiger charge is -1.94. The maximum absolute atomic E-state index is 11.0. The van der Waals surface area contributed by atoms with Crippen LogP contribution in [0.1, 0.15) is 23.0 Å². The molecule has 5 nitrogen and oxygen atoms in total. The second-order valence-electron chi connectivity index (χ2n) is 2.88. The highest BCUT2D eigenvalue weighted by atomic mass is 32.1. The summed E-state index contributed by atoms with van der Waals surface area (Å²) >= 11 is 1.16. The number of carbonyl (C=O) groups excluding carboxylic acids is 1. The summed E-state index contributed by atoms with van der Waals surface area (Å²) in [5, 5.41) is 4.04. The predicted molar refractivity (Wildman–Crippen MR) is 51.2 cm³/mol. The topological polar surface area (TPSA) is 60.7 Å². The van der Waals surface area contributed by atoms with E-state index in [1.165, 1.54) is 6.92 Å². The Labute approximate surface area is 84.7 Å². The quantitative estimate of drug-likeness (QED) is 0.705. The molecule has 0 N–H and O–H groups in total. The molecule has 0 spiro atoms. The van der Waals surface area contributed by atoms with Gasteiger partial charge in [-0.25, -0.2) is 0 Å². The zero-order valence-corrected chi connectivity index (χ0v) is 8.36. The summed E-state index contributed by atoms with van der Waals surface area (Å²) in [7, 11) is 0. The molecule has 6 heteroatoms. The molecule has 0 fully saturated rings. The minimum atomic E-state index is 0.0210. The van der Waals surface area contributed by atoms with Crippen molar-refractivity contribution < 1.29 is 4.79 Å². The Balaban J connectivity index is 2.14. The first-order chi connectivity index (χ1) is 6.75. The van der Waals surface area contributed by atoms with Crippen LogP contribution in [0.4, 0.5) is 0 Å². The molecule has 2 aromatic rings. The van der Waals surface area contributed by atoms with Crippen molar-refractivity contribution in [2.75, 3.05) is 0 Å². The minimum absolute atomic E-state index is 0.0210. The normalized spacial score (nSPS) is 10.4. The first-order valence-corrected chi connectivity index (χ1v) is 4.78. The van der Waals surface area contributed by atoms with Gasteiger partial charge in [-0.2, -0.15) is 13.8 Å². The first-order valence-electron chi connectivity index (χ1n) is 4.05. The molecule has 0 atom stereocenters. The van der Waals surface area contributed by atoms with Gasteiger partial charge in [0, 0.05) is 6.20 Å². The van der Waals surface area contributed by atoms with E-state index in [0.717, 1.165) is 17.4 Å². The Hall–Kier alpha value is -1.56. The third kappa shape index (κ3) is 1.85. The van der Waals surface area contributed by atoms with Gasteiger partial charge in [0.05, 0.1) is 41.9 Å². The molecule has 0 aliphatic rings. The Morgan fingerprint density at radius 2 is 2.43 bits per heavy atom. The molecule has 0 saturated heterocycles. The van der Waals surface area contributed by atoms with Crippen molar-refractivity contribution in [3.63, 3.8) is 0 Å². The largest absolute Gasteiger partial charge is 0.294 e. The van der Waals surface area contributed by atoms with E-state index < -0.39 is 0 Å². The minimum Gasteiger partial charge on any atom is -0.294 e. The summed E-state index contributed by atoms with van der Waals surface area (Å²) < 4.78 is 9.61. The van der Waals surface area contributed by atoms with Gasteiger partial charge in [-0.15, -0.1) is 0 Å². The molecule has 0 radical (unpaired) electrons. The van der Waals surface area contributed by atoms with Crippen LogP contribution in [0.15, 0.2) is 18.6 Å². The second kappa shape index (κ2) is 3.67. The molecule has 0 aromatic carbocycles. The summed E-state index contributed by atoms with van der Waals surface area (Å²) in [5.74, 6) is 0.0210. The van der Waals surface area contributed by atoms with Gasteiger partial charge in [0.15, 0.2) is 5.78 Å². The average molecular weight is 208 g/mol. The molecule has 0 bridgehead atoms. The van der Waals surface area contributed by atoms with E-state index in [2.05, 4.69) is 13.8 Å². The zero-order valence-electron chi connectivity index (χ0n) is 7.54. The van der Waals surface area contributed by atoms with Crippen LogP contribution < -0.4 is 0 Å². The molecule has 0 amide bonds. The Morgan fingerprint density at radius 1 is 1.57 bits per heavy atom. The SMILES string of the molecule is CC(=O)c1cnn(Cc2cnsn2)c1. The molecule has 0 unspecified atom stereocenters. The maximum Gasteiger partial charge on any atom is 0.162 e. The summed E-state index contributed by atoms with van der Waals surface area (Å²) in [6.45, 7) is 2.08. The highest BCUT2D eigenvalue weighted by molar-refractivity contribution is 6.99. The van der Waals surface area contributed by atoms with E-state index in [1.54, 1.807) is 23.3 Å². The molecule has 2 rings (SSSR count). The van der Waals surface area contributed by atoms with Crippen molar-refractivity contribution >= 4 is 17.5 Å². The van der Waals surface area contributed by atoms with Crippen LogP contribution in [0.2, 0.25) is 0 Å². The Bertz CT molecular complexity index is 434. The fourth-order valence-corrected chi connectivity index (χ4v) is 1.48. The summed E-state index contributed by atoms with van der Waals surface area (Å²) in [6, 6.07) is 0. The second-order valence-corrected chi connectivity index (χ2v) is 3.44. The predicted octanol–water partition coefficient (Wildman–Crippen LogP) is 0.985. The highest BCUT2D eigenvalue weighted by Crippen LogP contribution is 2.02. The van der Waals surface area contributed by atoms with Crippen molar-refractivity contribution in [1.82, 2.24) is 18.5 Å². The molecule has 2 heterocycles. The first kappa shape index (κ1) is 9.01. The average Bonchev–Trinajstić information content (AvgIpc) is 2.75. The van der Waals surface area contributed by atoms with E-state index in [9.17, 15) is 4.79 Å². The fraction of sp³-hybridized carbons (Fsp3) is 0.250. The number of hydrogen-bond acceptors (Lipinski definition) is 5. The van der Waals surface area contributed by atoms with E-state index in [4.69, 9.17) is 0 Å². The molecule has 2 aromatic heterocycles. The molecule has 14 heavy (non-hydrogen) atoms. The molecular weight excluding hydrogens is 200 g/mol. The van der Waals surface area contributed by atoms with Gasteiger partial charge in [-0.1, -0.05) is 0 Å². The number of carbonyl (C=O) groups is 1. The third-order valence-electron chi connectivity index (χ3n) is 1.77. The number of Topliss-reactive ketones (excluding diaryl/α,β-unsaturated/α-hetero) is 1. The third-order valence-corrected chi connectivity index (χ3v) is 2.29. The zero-order chi connectivity index (χ0) is 9.97. The van der Waals surface area contributed by atoms with Crippen molar-refractivity contribution in [2.24, 2.45) is 0 Å². The molecule has 0 aliphatic carbocycles. The summed E-state index contributed by atoms with van der Waals surface area (Å²) in [5.41, 5.74) is 1.47. The van der Waals surface area contributed by atoms with Gasteiger partial charge in [0.25, 0.3) is 0 Å². The van der Waals surface area contributed by atoms with Gasteiger partial charge in [-0.3, -0.25) is 9.48 Å².